The lowest BCUT2D eigenvalue weighted by atomic mass is 9.96. The zero-order valence-corrected chi connectivity index (χ0v) is 13.5. The van der Waals surface area contributed by atoms with E-state index in [1.165, 1.54) is 0 Å². The summed E-state index contributed by atoms with van der Waals surface area (Å²) in [5, 5.41) is 5.38. The molecule has 0 saturated carbocycles. The van der Waals surface area contributed by atoms with Crippen LogP contribution in [0.5, 0.6) is 0 Å². The number of amides is 2. The van der Waals surface area contributed by atoms with Crippen molar-refractivity contribution in [1.82, 2.24) is 10.6 Å². The second kappa shape index (κ2) is 6.76. The van der Waals surface area contributed by atoms with Crippen molar-refractivity contribution in [3.05, 3.63) is 45.6 Å². The molecule has 0 saturated heterocycles. The Morgan fingerprint density at radius 1 is 1.33 bits per heavy atom. The highest BCUT2D eigenvalue weighted by Gasteiger charge is 2.31. The van der Waals surface area contributed by atoms with Crippen molar-refractivity contribution >= 4 is 27.9 Å². The smallest absolute Gasteiger partial charge is 0.338 e. The monoisotopic (exact) mass is 352 g/mol. The fourth-order valence-electron chi connectivity index (χ4n) is 2.14. The minimum Gasteiger partial charge on any atom is -0.462 e. The molecule has 5 nitrogen and oxygen atoms in total. The Balaban J connectivity index is 2.35. The van der Waals surface area contributed by atoms with Crippen LogP contribution in [-0.2, 0) is 9.53 Å². The first-order valence-corrected chi connectivity index (χ1v) is 7.53. The molecule has 0 radical (unpaired) electrons. The number of hydrogen-bond donors (Lipinski definition) is 2. The first kappa shape index (κ1) is 15.6. The molecule has 1 aromatic carbocycles. The van der Waals surface area contributed by atoms with Crippen LogP contribution < -0.4 is 10.6 Å². The normalized spacial score (nSPS) is 18.0. The standard InChI is InChI=1S/C15H17BrN2O3/c1-3-8-21-14(19)12-9(2)17-15(20)18-13(12)10-4-6-11(16)7-5-10/h4-7,13H,3,8H2,1-2H3,(H2,17,18,20)/t13-/m0/s1. The van der Waals surface area contributed by atoms with Crippen LogP contribution in [0, 0.1) is 0 Å². The van der Waals surface area contributed by atoms with E-state index in [4.69, 9.17) is 4.74 Å². The van der Waals surface area contributed by atoms with Crippen molar-refractivity contribution in [1.29, 1.82) is 0 Å². The lowest BCUT2D eigenvalue weighted by molar-refractivity contribution is -0.139. The topological polar surface area (TPSA) is 67.4 Å². The minimum atomic E-state index is -0.504. The van der Waals surface area contributed by atoms with Gasteiger partial charge in [0, 0.05) is 10.2 Å². The molecular formula is C15H17BrN2O3. The number of hydrogen-bond acceptors (Lipinski definition) is 3. The molecule has 0 unspecified atom stereocenters. The lowest BCUT2D eigenvalue weighted by Crippen LogP contribution is -2.45. The molecule has 21 heavy (non-hydrogen) atoms. The first-order valence-electron chi connectivity index (χ1n) is 6.73. The number of urea groups is 1. The third-order valence-electron chi connectivity index (χ3n) is 3.13. The molecule has 1 aromatic rings. The zero-order valence-electron chi connectivity index (χ0n) is 11.9. The molecule has 1 heterocycles. The minimum absolute atomic E-state index is 0.326. The third-order valence-corrected chi connectivity index (χ3v) is 3.66. The number of rotatable bonds is 4. The van der Waals surface area contributed by atoms with Gasteiger partial charge in [-0.15, -0.1) is 0 Å². The summed E-state index contributed by atoms with van der Waals surface area (Å²) in [5.74, 6) is -0.408. The molecule has 112 valence electrons. The number of carbonyl (C=O) groups excluding carboxylic acids is 2. The predicted molar refractivity (Wildman–Crippen MR) is 82.5 cm³/mol. The highest BCUT2D eigenvalue weighted by atomic mass is 79.9. The van der Waals surface area contributed by atoms with Crippen molar-refractivity contribution in [2.45, 2.75) is 26.3 Å². The lowest BCUT2D eigenvalue weighted by Gasteiger charge is -2.28. The maximum Gasteiger partial charge on any atom is 0.338 e. The van der Waals surface area contributed by atoms with Gasteiger partial charge in [-0.2, -0.15) is 0 Å². The molecule has 0 bridgehead atoms. The van der Waals surface area contributed by atoms with Gasteiger partial charge in [0.2, 0.25) is 0 Å². The first-order chi connectivity index (χ1) is 10.0. The van der Waals surface area contributed by atoms with Crippen LogP contribution in [0.15, 0.2) is 40.0 Å². The van der Waals surface area contributed by atoms with E-state index in [1.807, 2.05) is 31.2 Å². The number of halogens is 1. The third kappa shape index (κ3) is 3.64. The molecule has 0 fully saturated rings. The second-order valence-electron chi connectivity index (χ2n) is 4.76. The number of ether oxygens (including phenoxy) is 1. The van der Waals surface area contributed by atoms with Gasteiger partial charge in [0.1, 0.15) is 0 Å². The van der Waals surface area contributed by atoms with E-state index >= 15 is 0 Å². The number of esters is 1. The van der Waals surface area contributed by atoms with Gasteiger partial charge in [0.05, 0.1) is 18.2 Å². The van der Waals surface area contributed by atoms with Crippen LogP contribution in [0.3, 0.4) is 0 Å². The maximum atomic E-state index is 12.2. The van der Waals surface area contributed by atoms with Crippen LogP contribution in [-0.4, -0.2) is 18.6 Å². The molecule has 2 N–H and O–H groups in total. The second-order valence-corrected chi connectivity index (χ2v) is 5.67. The number of nitrogens with one attached hydrogen (secondary N) is 2. The molecule has 2 rings (SSSR count). The van der Waals surface area contributed by atoms with Gasteiger partial charge in [-0.1, -0.05) is 35.0 Å². The van der Waals surface area contributed by atoms with Crippen LogP contribution in [0.1, 0.15) is 31.9 Å². The molecule has 6 heteroatoms. The fraction of sp³-hybridized carbons (Fsp3) is 0.333. The SMILES string of the molecule is CCCOC(=O)C1=C(C)NC(=O)N[C@H]1c1ccc(Br)cc1. The van der Waals surface area contributed by atoms with Gasteiger partial charge in [-0.3, -0.25) is 0 Å². The largest absolute Gasteiger partial charge is 0.462 e. The van der Waals surface area contributed by atoms with E-state index in [0.717, 1.165) is 16.5 Å². The highest BCUT2D eigenvalue weighted by Crippen LogP contribution is 2.28. The molecule has 0 aliphatic carbocycles. The summed E-state index contributed by atoms with van der Waals surface area (Å²) in [6.07, 6.45) is 0.751. The van der Waals surface area contributed by atoms with Gasteiger partial charge >= 0.3 is 12.0 Å². The molecule has 1 aliphatic rings. The summed E-state index contributed by atoms with van der Waals surface area (Å²) in [4.78, 5) is 23.9. The molecule has 2 amide bonds. The zero-order chi connectivity index (χ0) is 15.4. The Morgan fingerprint density at radius 2 is 2.00 bits per heavy atom. The van der Waals surface area contributed by atoms with E-state index in [0.29, 0.717) is 17.9 Å². The van der Waals surface area contributed by atoms with Crippen molar-refractivity contribution in [3.63, 3.8) is 0 Å². The van der Waals surface area contributed by atoms with Gasteiger partial charge in [-0.25, -0.2) is 9.59 Å². The number of allylic oxidation sites excluding steroid dienone is 1. The highest BCUT2D eigenvalue weighted by molar-refractivity contribution is 9.10. The Morgan fingerprint density at radius 3 is 2.62 bits per heavy atom. The summed E-state index contributed by atoms with van der Waals surface area (Å²) >= 11 is 3.37. The summed E-state index contributed by atoms with van der Waals surface area (Å²) in [5.41, 5.74) is 1.79. The Bertz CT molecular complexity index is 581. The van der Waals surface area contributed by atoms with E-state index in [1.54, 1.807) is 6.92 Å². The maximum absolute atomic E-state index is 12.2. The van der Waals surface area contributed by atoms with E-state index in [-0.39, 0.29) is 6.03 Å². The van der Waals surface area contributed by atoms with Crippen LogP contribution in [0.4, 0.5) is 4.79 Å². The summed E-state index contributed by atoms with van der Waals surface area (Å²) in [7, 11) is 0. The van der Waals surface area contributed by atoms with Gasteiger partial charge in [0.15, 0.2) is 0 Å². The summed E-state index contributed by atoms with van der Waals surface area (Å²) < 4.78 is 6.15. The summed E-state index contributed by atoms with van der Waals surface area (Å²) in [6.45, 7) is 3.99. The molecule has 0 aromatic heterocycles. The fourth-order valence-corrected chi connectivity index (χ4v) is 2.41. The summed E-state index contributed by atoms with van der Waals surface area (Å²) in [6, 6.07) is 6.63. The van der Waals surface area contributed by atoms with Gasteiger partial charge in [0.25, 0.3) is 0 Å². The Labute approximate surface area is 131 Å². The Kier molecular flexibility index (Phi) is 5.01. The number of benzene rings is 1. The van der Waals surface area contributed by atoms with Crippen LogP contribution >= 0.6 is 15.9 Å². The molecule has 1 aliphatic heterocycles. The van der Waals surface area contributed by atoms with E-state index in [2.05, 4.69) is 26.6 Å². The van der Waals surface area contributed by atoms with Crippen molar-refractivity contribution in [3.8, 4) is 0 Å². The molecule has 0 spiro atoms. The van der Waals surface area contributed by atoms with Crippen molar-refractivity contribution in [2.24, 2.45) is 0 Å². The van der Waals surface area contributed by atoms with E-state index in [9.17, 15) is 9.59 Å². The average Bonchev–Trinajstić information content (AvgIpc) is 2.44. The van der Waals surface area contributed by atoms with Gasteiger partial charge < -0.3 is 15.4 Å². The average molecular weight is 353 g/mol. The Hall–Kier alpha value is -1.82. The quantitative estimate of drug-likeness (QED) is 0.818. The van der Waals surface area contributed by atoms with Gasteiger partial charge in [-0.05, 0) is 31.0 Å². The van der Waals surface area contributed by atoms with Crippen molar-refractivity contribution in [2.75, 3.05) is 6.61 Å². The van der Waals surface area contributed by atoms with Crippen LogP contribution in [0.2, 0.25) is 0 Å². The van der Waals surface area contributed by atoms with Crippen LogP contribution in [0.25, 0.3) is 0 Å². The predicted octanol–water partition coefficient (Wildman–Crippen LogP) is 3.03. The number of carbonyl (C=O) groups is 2. The molecule has 1 atom stereocenters. The van der Waals surface area contributed by atoms with E-state index < -0.39 is 12.0 Å². The van der Waals surface area contributed by atoms with Crippen molar-refractivity contribution < 1.29 is 14.3 Å². The molecular weight excluding hydrogens is 336 g/mol.